The van der Waals surface area contributed by atoms with Crippen LogP contribution in [0.15, 0.2) is 42.5 Å². The lowest BCUT2D eigenvalue weighted by Crippen LogP contribution is -2.14. The van der Waals surface area contributed by atoms with Gasteiger partial charge in [0.15, 0.2) is 0 Å². The largest absolute Gasteiger partial charge is 0.493 e. The quantitative estimate of drug-likeness (QED) is 0.884. The standard InChI is InChI=1S/C19H19NO4/c21-18(10-7-13-4-1-2-6-16(13)19(22)23)20-15-8-9-17-14(12-15)5-3-11-24-17/h1-2,4,6,8-9,12H,3,5,7,10-11H2,(H,20,21)(H,22,23). The van der Waals surface area contributed by atoms with E-state index in [4.69, 9.17) is 9.84 Å². The molecule has 5 heteroatoms. The van der Waals surface area contributed by atoms with Gasteiger partial charge in [0.05, 0.1) is 12.2 Å². The molecule has 24 heavy (non-hydrogen) atoms. The van der Waals surface area contributed by atoms with Gasteiger partial charge in [-0.2, -0.15) is 0 Å². The summed E-state index contributed by atoms with van der Waals surface area (Å²) in [5.74, 6) is -0.220. The minimum absolute atomic E-state index is 0.133. The molecule has 0 aliphatic carbocycles. The Labute approximate surface area is 140 Å². The van der Waals surface area contributed by atoms with Gasteiger partial charge in [-0.25, -0.2) is 4.79 Å². The molecule has 1 amide bonds. The molecule has 0 atom stereocenters. The van der Waals surface area contributed by atoms with E-state index in [1.807, 2.05) is 18.2 Å². The van der Waals surface area contributed by atoms with Crippen molar-refractivity contribution in [3.05, 3.63) is 59.2 Å². The van der Waals surface area contributed by atoms with Gasteiger partial charge < -0.3 is 15.2 Å². The van der Waals surface area contributed by atoms with E-state index in [-0.39, 0.29) is 17.9 Å². The van der Waals surface area contributed by atoms with Crippen LogP contribution in [0.25, 0.3) is 0 Å². The van der Waals surface area contributed by atoms with Crippen LogP contribution in [0.5, 0.6) is 5.75 Å². The molecule has 0 bridgehead atoms. The molecule has 0 spiro atoms. The lowest BCUT2D eigenvalue weighted by Gasteiger charge is -2.18. The summed E-state index contributed by atoms with van der Waals surface area (Å²) in [6.07, 6.45) is 2.56. The van der Waals surface area contributed by atoms with Crippen molar-refractivity contribution in [1.82, 2.24) is 0 Å². The van der Waals surface area contributed by atoms with E-state index < -0.39 is 5.97 Å². The lowest BCUT2D eigenvalue weighted by atomic mass is 10.0. The van der Waals surface area contributed by atoms with Gasteiger partial charge in [0.25, 0.3) is 0 Å². The molecule has 0 saturated heterocycles. The van der Waals surface area contributed by atoms with Crippen molar-refractivity contribution < 1.29 is 19.4 Å². The van der Waals surface area contributed by atoms with Gasteiger partial charge in [-0.1, -0.05) is 18.2 Å². The maximum Gasteiger partial charge on any atom is 0.335 e. The first-order chi connectivity index (χ1) is 11.6. The Morgan fingerprint density at radius 1 is 1.17 bits per heavy atom. The van der Waals surface area contributed by atoms with Crippen molar-refractivity contribution in [3.63, 3.8) is 0 Å². The van der Waals surface area contributed by atoms with Crippen LogP contribution in [-0.2, 0) is 17.6 Å². The topological polar surface area (TPSA) is 75.6 Å². The van der Waals surface area contributed by atoms with E-state index >= 15 is 0 Å². The second kappa shape index (κ2) is 7.17. The van der Waals surface area contributed by atoms with E-state index in [9.17, 15) is 9.59 Å². The molecule has 1 aliphatic rings. The molecule has 0 aromatic heterocycles. The van der Waals surface area contributed by atoms with Crippen LogP contribution >= 0.6 is 0 Å². The van der Waals surface area contributed by atoms with E-state index in [2.05, 4.69) is 5.32 Å². The van der Waals surface area contributed by atoms with Gasteiger partial charge >= 0.3 is 5.97 Å². The van der Waals surface area contributed by atoms with E-state index in [1.54, 1.807) is 24.3 Å². The summed E-state index contributed by atoms with van der Waals surface area (Å²) in [6.45, 7) is 0.738. The maximum absolute atomic E-state index is 12.1. The number of aryl methyl sites for hydroxylation is 2. The number of carbonyl (C=O) groups is 2. The van der Waals surface area contributed by atoms with Gasteiger partial charge in [-0.3, -0.25) is 4.79 Å². The molecule has 0 fully saturated rings. The predicted molar refractivity (Wildman–Crippen MR) is 90.6 cm³/mol. The third kappa shape index (κ3) is 3.74. The zero-order chi connectivity index (χ0) is 16.9. The first kappa shape index (κ1) is 16.1. The zero-order valence-corrected chi connectivity index (χ0v) is 13.2. The number of hydrogen-bond donors (Lipinski definition) is 2. The number of rotatable bonds is 5. The maximum atomic E-state index is 12.1. The second-order valence-electron chi connectivity index (χ2n) is 5.78. The summed E-state index contributed by atoms with van der Waals surface area (Å²) in [7, 11) is 0. The predicted octanol–water partition coefficient (Wildman–Crippen LogP) is 3.28. The Hall–Kier alpha value is -2.82. The summed E-state index contributed by atoms with van der Waals surface area (Å²) in [4.78, 5) is 23.3. The monoisotopic (exact) mass is 325 g/mol. The highest BCUT2D eigenvalue weighted by Gasteiger charge is 2.13. The third-order valence-corrected chi connectivity index (χ3v) is 4.06. The molecule has 0 unspecified atom stereocenters. The van der Waals surface area contributed by atoms with Crippen LogP contribution in [0.3, 0.4) is 0 Å². The molecule has 0 radical (unpaired) electrons. The van der Waals surface area contributed by atoms with Gasteiger partial charge in [0, 0.05) is 12.1 Å². The van der Waals surface area contributed by atoms with Gasteiger partial charge in [-0.05, 0) is 54.7 Å². The summed E-state index contributed by atoms with van der Waals surface area (Å²) in [6, 6.07) is 12.4. The first-order valence-corrected chi connectivity index (χ1v) is 8.00. The van der Waals surface area contributed by atoms with Crippen LogP contribution in [0, 0.1) is 0 Å². The number of carbonyl (C=O) groups excluding carboxylic acids is 1. The van der Waals surface area contributed by atoms with E-state index in [0.29, 0.717) is 12.0 Å². The van der Waals surface area contributed by atoms with Crippen LogP contribution in [-0.4, -0.2) is 23.6 Å². The zero-order valence-electron chi connectivity index (χ0n) is 13.2. The highest BCUT2D eigenvalue weighted by molar-refractivity contribution is 5.92. The molecule has 1 aliphatic heterocycles. The van der Waals surface area contributed by atoms with Crippen molar-refractivity contribution in [3.8, 4) is 5.75 Å². The molecular weight excluding hydrogens is 306 g/mol. The smallest absolute Gasteiger partial charge is 0.335 e. The minimum atomic E-state index is -0.972. The van der Waals surface area contributed by atoms with E-state index in [0.717, 1.165) is 36.4 Å². The molecule has 3 rings (SSSR count). The third-order valence-electron chi connectivity index (χ3n) is 4.06. The van der Waals surface area contributed by atoms with Gasteiger partial charge in [-0.15, -0.1) is 0 Å². The number of ether oxygens (including phenoxy) is 1. The summed E-state index contributed by atoms with van der Waals surface area (Å²) < 4.78 is 5.56. The molecule has 2 aromatic rings. The second-order valence-corrected chi connectivity index (χ2v) is 5.78. The number of nitrogens with one attached hydrogen (secondary N) is 1. The number of anilines is 1. The van der Waals surface area contributed by atoms with Crippen molar-refractivity contribution in [2.45, 2.75) is 25.7 Å². The lowest BCUT2D eigenvalue weighted by molar-refractivity contribution is -0.116. The fourth-order valence-corrected chi connectivity index (χ4v) is 2.86. The fourth-order valence-electron chi connectivity index (χ4n) is 2.86. The average Bonchev–Trinajstić information content (AvgIpc) is 2.60. The molecule has 2 aromatic carbocycles. The van der Waals surface area contributed by atoms with Crippen LogP contribution in [0.1, 0.15) is 34.3 Å². The number of benzene rings is 2. The number of carboxylic acid groups (broad SMARTS) is 1. The van der Waals surface area contributed by atoms with Crippen molar-refractivity contribution in [2.24, 2.45) is 0 Å². The van der Waals surface area contributed by atoms with Gasteiger partial charge in [0.1, 0.15) is 5.75 Å². The Bertz CT molecular complexity index is 770. The van der Waals surface area contributed by atoms with Crippen molar-refractivity contribution in [2.75, 3.05) is 11.9 Å². The molecule has 2 N–H and O–H groups in total. The number of carboxylic acids is 1. The van der Waals surface area contributed by atoms with Crippen molar-refractivity contribution >= 4 is 17.6 Å². The Morgan fingerprint density at radius 3 is 2.83 bits per heavy atom. The Morgan fingerprint density at radius 2 is 2.00 bits per heavy atom. The first-order valence-electron chi connectivity index (χ1n) is 8.00. The Balaban J connectivity index is 1.61. The number of amides is 1. The molecule has 1 heterocycles. The normalized spacial score (nSPS) is 12.8. The number of hydrogen-bond acceptors (Lipinski definition) is 3. The number of fused-ring (bicyclic) bond motifs is 1. The SMILES string of the molecule is O=C(CCc1ccccc1C(=O)O)Nc1ccc2c(c1)CCCO2. The van der Waals surface area contributed by atoms with E-state index in [1.165, 1.54) is 0 Å². The van der Waals surface area contributed by atoms with Crippen LogP contribution < -0.4 is 10.1 Å². The van der Waals surface area contributed by atoms with Crippen LogP contribution in [0.4, 0.5) is 5.69 Å². The van der Waals surface area contributed by atoms with Crippen molar-refractivity contribution in [1.29, 1.82) is 0 Å². The van der Waals surface area contributed by atoms with Crippen LogP contribution in [0.2, 0.25) is 0 Å². The minimum Gasteiger partial charge on any atom is -0.493 e. The van der Waals surface area contributed by atoms with Gasteiger partial charge in [0.2, 0.25) is 5.91 Å². The summed E-state index contributed by atoms with van der Waals surface area (Å²) in [5.41, 5.74) is 2.77. The molecule has 124 valence electrons. The highest BCUT2D eigenvalue weighted by Crippen LogP contribution is 2.27. The average molecular weight is 325 g/mol. The fraction of sp³-hybridized carbons (Fsp3) is 0.263. The Kier molecular flexibility index (Phi) is 4.79. The molecule has 5 nitrogen and oxygen atoms in total. The molecule has 0 saturated carbocycles. The summed E-state index contributed by atoms with van der Waals surface area (Å²) >= 11 is 0. The highest BCUT2D eigenvalue weighted by atomic mass is 16.5. The molecular formula is C19H19NO4. The summed E-state index contributed by atoms with van der Waals surface area (Å²) in [5, 5.41) is 12.0. The number of aromatic carboxylic acids is 1.